The molecule has 4 nitrogen and oxygen atoms in total. The number of para-hydroxylation sites is 5. The molecule has 0 saturated carbocycles. The van der Waals surface area contributed by atoms with Crippen molar-refractivity contribution in [3.8, 4) is 33.6 Å². The molecule has 0 N–H and O–H groups in total. The Morgan fingerprint density at radius 2 is 0.722 bits per heavy atom. The van der Waals surface area contributed by atoms with Crippen LogP contribution in [0.1, 0.15) is 0 Å². The van der Waals surface area contributed by atoms with Crippen LogP contribution >= 0.6 is 0 Å². The third-order valence-electron chi connectivity index (χ3n) is 15.9. The summed E-state index contributed by atoms with van der Waals surface area (Å²) in [7, 11) is 0. The molecule has 0 amide bonds. The van der Waals surface area contributed by atoms with Gasteiger partial charge in [-0.3, -0.25) is 0 Å². The van der Waals surface area contributed by atoms with Gasteiger partial charge in [0.1, 0.15) is 11.2 Å². The molecule has 0 fully saturated rings. The Morgan fingerprint density at radius 3 is 1.32 bits per heavy atom. The molecule has 4 heteroatoms. The molecule has 17 aromatic rings. The maximum Gasteiger partial charge on any atom is 0.145 e. The van der Waals surface area contributed by atoms with E-state index in [4.69, 9.17) is 4.42 Å². The number of furan rings is 1. The van der Waals surface area contributed by atoms with Gasteiger partial charge in [0.15, 0.2) is 0 Å². The molecule has 0 spiro atoms. The first-order valence-electron chi connectivity index (χ1n) is 24.8. The summed E-state index contributed by atoms with van der Waals surface area (Å²) in [4.78, 5) is 0. The van der Waals surface area contributed by atoms with Gasteiger partial charge in [0, 0.05) is 59.9 Å². The van der Waals surface area contributed by atoms with E-state index in [9.17, 15) is 0 Å². The van der Waals surface area contributed by atoms with Gasteiger partial charge >= 0.3 is 0 Å². The van der Waals surface area contributed by atoms with Crippen molar-refractivity contribution in [1.82, 2.24) is 13.5 Å². The van der Waals surface area contributed by atoms with Gasteiger partial charge in [0.25, 0.3) is 0 Å². The number of nitrogens with zero attached hydrogens (tertiary/aromatic N) is 3. The maximum atomic E-state index is 6.89. The van der Waals surface area contributed by atoms with E-state index in [-0.39, 0.29) is 0 Å². The van der Waals surface area contributed by atoms with Crippen LogP contribution in [-0.4, -0.2) is 13.5 Å². The van der Waals surface area contributed by atoms with E-state index >= 15 is 0 Å². The van der Waals surface area contributed by atoms with Crippen molar-refractivity contribution >= 4 is 125 Å². The normalized spacial score (nSPS) is 12.4. The fourth-order valence-electron chi connectivity index (χ4n) is 12.6. The second-order valence-electron chi connectivity index (χ2n) is 19.7. The summed E-state index contributed by atoms with van der Waals surface area (Å²) in [6.07, 6.45) is 0. The zero-order valence-corrected chi connectivity index (χ0v) is 38.8. The Balaban J connectivity index is 0.858. The monoisotopic (exact) mass is 913 g/mol. The highest BCUT2D eigenvalue weighted by Crippen LogP contribution is 2.48. The average Bonchev–Trinajstić information content (AvgIpc) is 4.24. The first kappa shape index (κ1) is 38.2. The summed E-state index contributed by atoms with van der Waals surface area (Å²) in [5.74, 6) is 0. The van der Waals surface area contributed by atoms with Gasteiger partial charge in [0.05, 0.1) is 44.0 Å². The molecule has 0 saturated heterocycles. The molecular weight excluding hydrogens is 875 g/mol. The first-order valence-corrected chi connectivity index (χ1v) is 24.8. The third-order valence-corrected chi connectivity index (χ3v) is 15.9. The molecule has 5 heterocycles. The van der Waals surface area contributed by atoms with Gasteiger partial charge in [0.2, 0.25) is 0 Å². The standard InChI is InChI=1S/C68H39N3O/c1-3-13-48(14-4-1)69-59-20-10-7-17-50(59)53-33-42(27-29-61(53)69)40-23-25-44-37-63-55(35-46(44)31-40)56-39-57-52-19-9-12-22-65(52)72-68(57)66-58-36-47-32-41(24-26-45(47)38-64(58)71(63)67(56)66)43-28-30-62-54(34-43)51-18-8-11-21-60(51)70(62)49-15-5-2-6-16-49/h1-39H. The lowest BCUT2D eigenvalue weighted by molar-refractivity contribution is 0.673. The molecule has 0 aliphatic carbocycles. The molecule has 0 bridgehead atoms. The Bertz CT molecular complexity index is 5150. The van der Waals surface area contributed by atoms with E-state index in [2.05, 4.69) is 250 Å². The predicted octanol–water partition coefficient (Wildman–Crippen LogP) is 18.6. The summed E-state index contributed by atoms with van der Waals surface area (Å²) >= 11 is 0. The topological polar surface area (TPSA) is 27.4 Å². The van der Waals surface area contributed by atoms with E-state index in [1.165, 1.54) is 137 Å². The van der Waals surface area contributed by atoms with Crippen molar-refractivity contribution < 1.29 is 4.42 Å². The summed E-state index contributed by atoms with van der Waals surface area (Å²) < 4.78 is 14.2. The molecule has 72 heavy (non-hydrogen) atoms. The number of aromatic nitrogens is 3. The van der Waals surface area contributed by atoms with Crippen LogP contribution in [0.4, 0.5) is 0 Å². The minimum absolute atomic E-state index is 0.909. The first-order chi connectivity index (χ1) is 35.7. The Kier molecular flexibility index (Phi) is 7.44. The third kappa shape index (κ3) is 5.14. The molecule has 0 aliphatic heterocycles. The van der Waals surface area contributed by atoms with Crippen molar-refractivity contribution in [3.63, 3.8) is 0 Å². The number of rotatable bonds is 4. The summed E-state index contributed by atoms with van der Waals surface area (Å²) in [6.45, 7) is 0. The quantitative estimate of drug-likeness (QED) is 0.173. The molecule has 0 aliphatic rings. The lowest BCUT2D eigenvalue weighted by atomic mass is 9.96. The Labute approximate surface area is 411 Å². The van der Waals surface area contributed by atoms with E-state index in [0.29, 0.717) is 0 Å². The maximum absolute atomic E-state index is 6.89. The number of hydrogen-bond donors (Lipinski definition) is 0. The lowest BCUT2D eigenvalue weighted by Crippen LogP contribution is -1.92. The molecular formula is C68H39N3O. The zero-order chi connectivity index (χ0) is 46.8. The predicted molar refractivity (Wildman–Crippen MR) is 303 cm³/mol. The van der Waals surface area contributed by atoms with Crippen molar-refractivity contribution in [2.75, 3.05) is 0 Å². The lowest BCUT2D eigenvalue weighted by Gasteiger charge is -2.09. The van der Waals surface area contributed by atoms with E-state index < -0.39 is 0 Å². The van der Waals surface area contributed by atoms with Crippen LogP contribution in [0, 0.1) is 0 Å². The molecule has 332 valence electrons. The average molecular weight is 914 g/mol. The zero-order valence-electron chi connectivity index (χ0n) is 38.8. The largest absolute Gasteiger partial charge is 0.455 e. The highest BCUT2D eigenvalue weighted by Gasteiger charge is 2.25. The van der Waals surface area contributed by atoms with Gasteiger partial charge in [-0.05, 0) is 153 Å². The SMILES string of the molecule is c1ccc(-n2c3ccccc3c3cc(-c4ccc5cc6c(cc5c4)c4cc5c7ccccc7oc5c5c7cc8cc(-c9ccc%10c(c9)c9ccccc9n%10-c9ccccc9)ccc8cc7n6c45)ccc32)cc1. The molecule has 12 aromatic carbocycles. The molecule has 0 radical (unpaired) electrons. The van der Waals surface area contributed by atoms with Gasteiger partial charge in [-0.2, -0.15) is 0 Å². The fraction of sp³-hybridized carbons (Fsp3) is 0. The van der Waals surface area contributed by atoms with Crippen molar-refractivity contribution in [2.24, 2.45) is 0 Å². The molecule has 5 aromatic heterocycles. The fourth-order valence-corrected chi connectivity index (χ4v) is 12.6. The van der Waals surface area contributed by atoms with Crippen LogP contribution in [0.15, 0.2) is 241 Å². The van der Waals surface area contributed by atoms with Crippen molar-refractivity contribution in [3.05, 3.63) is 237 Å². The van der Waals surface area contributed by atoms with Crippen LogP contribution in [0.3, 0.4) is 0 Å². The second-order valence-corrected chi connectivity index (χ2v) is 19.7. The second kappa shape index (κ2) is 14.0. The molecule has 0 unspecified atom stereocenters. The smallest absolute Gasteiger partial charge is 0.145 e. The van der Waals surface area contributed by atoms with Crippen LogP contribution in [0.25, 0.3) is 159 Å². The summed E-state index contributed by atoms with van der Waals surface area (Å²) in [6, 6.07) is 87.2. The van der Waals surface area contributed by atoms with Gasteiger partial charge in [-0.15, -0.1) is 0 Å². The number of benzene rings is 12. The Hall–Kier alpha value is -9.64. The minimum atomic E-state index is 0.909. The van der Waals surface area contributed by atoms with E-state index in [0.717, 1.165) is 21.9 Å². The molecule has 0 atom stereocenters. The van der Waals surface area contributed by atoms with Crippen molar-refractivity contribution in [2.45, 2.75) is 0 Å². The number of fused-ring (bicyclic) bond motifs is 18. The minimum Gasteiger partial charge on any atom is -0.455 e. The van der Waals surface area contributed by atoms with Crippen LogP contribution < -0.4 is 0 Å². The number of hydrogen-bond acceptors (Lipinski definition) is 1. The van der Waals surface area contributed by atoms with E-state index in [1.807, 2.05) is 0 Å². The van der Waals surface area contributed by atoms with Gasteiger partial charge < -0.3 is 18.0 Å². The van der Waals surface area contributed by atoms with Gasteiger partial charge in [-0.25, -0.2) is 0 Å². The van der Waals surface area contributed by atoms with Gasteiger partial charge in [-0.1, -0.05) is 127 Å². The summed E-state index contributed by atoms with van der Waals surface area (Å²) in [5, 5.41) is 17.0. The van der Waals surface area contributed by atoms with Crippen LogP contribution in [-0.2, 0) is 0 Å². The highest BCUT2D eigenvalue weighted by molar-refractivity contribution is 6.34. The summed E-state index contributed by atoms with van der Waals surface area (Å²) in [5.41, 5.74) is 17.4. The highest BCUT2D eigenvalue weighted by atomic mass is 16.3. The molecule has 17 rings (SSSR count). The van der Waals surface area contributed by atoms with Crippen LogP contribution in [0.2, 0.25) is 0 Å². The Morgan fingerprint density at radius 1 is 0.264 bits per heavy atom. The van der Waals surface area contributed by atoms with Crippen LogP contribution in [0.5, 0.6) is 0 Å². The van der Waals surface area contributed by atoms with E-state index in [1.54, 1.807) is 0 Å². The van der Waals surface area contributed by atoms with Crippen molar-refractivity contribution in [1.29, 1.82) is 0 Å².